The van der Waals surface area contributed by atoms with Crippen LogP contribution in [0.15, 0.2) is 54.6 Å². The maximum Gasteiger partial charge on any atom is 0.0922 e. The molecule has 0 aromatic heterocycles. The van der Waals surface area contributed by atoms with E-state index in [0.717, 1.165) is 18.7 Å². The first-order chi connectivity index (χ1) is 12.7. The van der Waals surface area contributed by atoms with Crippen molar-refractivity contribution >= 4 is 21.5 Å². The summed E-state index contributed by atoms with van der Waals surface area (Å²) in [5, 5.41) is 15.9. The standard InChI is InChI=1S/C24H31NO/c1-3-5-14-25(15-6-4-2)18-24(26)22-13-9-12-21-16-19-10-7-8-11-20(19)17-23(21)22/h7-13,16-17,24,26H,3-6,14-15,18H2,1-2H3. The van der Waals surface area contributed by atoms with E-state index < -0.39 is 6.10 Å². The fraction of sp³-hybridized carbons (Fsp3) is 0.417. The molecule has 138 valence electrons. The second-order valence-electron chi connectivity index (χ2n) is 7.29. The Kier molecular flexibility index (Phi) is 6.65. The average Bonchev–Trinajstić information content (AvgIpc) is 2.67. The van der Waals surface area contributed by atoms with Crippen LogP contribution < -0.4 is 0 Å². The molecule has 0 saturated carbocycles. The van der Waals surface area contributed by atoms with Gasteiger partial charge in [-0.3, -0.25) is 0 Å². The highest BCUT2D eigenvalue weighted by Gasteiger charge is 2.16. The molecule has 3 aromatic carbocycles. The van der Waals surface area contributed by atoms with Crippen LogP contribution in [0.1, 0.15) is 51.2 Å². The lowest BCUT2D eigenvalue weighted by atomic mass is 9.96. The van der Waals surface area contributed by atoms with E-state index in [9.17, 15) is 5.11 Å². The van der Waals surface area contributed by atoms with E-state index in [-0.39, 0.29) is 0 Å². The quantitative estimate of drug-likeness (QED) is 0.484. The zero-order valence-electron chi connectivity index (χ0n) is 16.1. The van der Waals surface area contributed by atoms with Crippen molar-refractivity contribution in [3.05, 3.63) is 60.2 Å². The van der Waals surface area contributed by atoms with Crippen molar-refractivity contribution in [3.63, 3.8) is 0 Å². The first-order valence-electron chi connectivity index (χ1n) is 10.0. The first-order valence-corrected chi connectivity index (χ1v) is 10.0. The number of aliphatic hydroxyl groups excluding tert-OH is 1. The molecular formula is C24H31NO. The molecule has 3 aromatic rings. The summed E-state index contributed by atoms with van der Waals surface area (Å²) in [6.07, 6.45) is 4.32. The normalized spacial score (nSPS) is 12.9. The van der Waals surface area contributed by atoms with Gasteiger partial charge in [0.25, 0.3) is 0 Å². The van der Waals surface area contributed by atoms with Crippen LogP contribution >= 0.6 is 0 Å². The number of unbranched alkanes of at least 4 members (excludes halogenated alkanes) is 2. The Morgan fingerprint density at radius 2 is 1.42 bits per heavy atom. The molecule has 0 amide bonds. The molecule has 0 aliphatic heterocycles. The third-order valence-corrected chi connectivity index (χ3v) is 5.23. The molecule has 1 unspecified atom stereocenters. The second-order valence-corrected chi connectivity index (χ2v) is 7.29. The number of fused-ring (bicyclic) bond motifs is 2. The van der Waals surface area contributed by atoms with Gasteiger partial charge in [0.2, 0.25) is 0 Å². The van der Waals surface area contributed by atoms with Crippen LogP contribution in [0, 0.1) is 0 Å². The highest BCUT2D eigenvalue weighted by atomic mass is 16.3. The van der Waals surface area contributed by atoms with Crippen LogP contribution in [0.5, 0.6) is 0 Å². The summed E-state index contributed by atoms with van der Waals surface area (Å²) in [6, 6.07) is 19.2. The number of aliphatic hydroxyl groups is 1. The molecule has 1 N–H and O–H groups in total. The lowest BCUT2D eigenvalue weighted by molar-refractivity contribution is 0.112. The van der Waals surface area contributed by atoms with E-state index in [1.165, 1.54) is 47.2 Å². The van der Waals surface area contributed by atoms with E-state index >= 15 is 0 Å². The van der Waals surface area contributed by atoms with E-state index in [4.69, 9.17) is 0 Å². The van der Waals surface area contributed by atoms with Crippen LogP contribution in [0.3, 0.4) is 0 Å². The van der Waals surface area contributed by atoms with Crippen molar-refractivity contribution in [3.8, 4) is 0 Å². The molecule has 0 saturated heterocycles. The van der Waals surface area contributed by atoms with Crippen LogP contribution in [-0.2, 0) is 0 Å². The van der Waals surface area contributed by atoms with E-state index in [2.05, 4.69) is 73.3 Å². The molecule has 0 bridgehead atoms. The predicted molar refractivity (Wildman–Crippen MR) is 113 cm³/mol. The van der Waals surface area contributed by atoms with Crippen LogP contribution in [-0.4, -0.2) is 29.6 Å². The summed E-state index contributed by atoms with van der Waals surface area (Å²) in [6.45, 7) is 7.31. The van der Waals surface area contributed by atoms with E-state index in [1.807, 2.05) is 0 Å². The van der Waals surface area contributed by atoms with Crippen molar-refractivity contribution in [2.75, 3.05) is 19.6 Å². The fourth-order valence-electron chi connectivity index (χ4n) is 3.68. The lowest BCUT2D eigenvalue weighted by Crippen LogP contribution is -2.30. The Hall–Kier alpha value is -1.90. The van der Waals surface area contributed by atoms with Gasteiger partial charge in [0, 0.05) is 6.54 Å². The summed E-state index contributed by atoms with van der Waals surface area (Å²) in [7, 11) is 0. The minimum Gasteiger partial charge on any atom is -0.387 e. The number of hydrogen-bond acceptors (Lipinski definition) is 2. The Morgan fingerprint density at radius 1 is 0.808 bits per heavy atom. The Bertz CT molecular complexity index is 834. The van der Waals surface area contributed by atoms with Crippen LogP contribution in [0.4, 0.5) is 0 Å². The van der Waals surface area contributed by atoms with Gasteiger partial charge in [-0.1, -0.05) is 69.2 Å². The number of nitrogens with zero attached hydrogens (tertiary/aromatic N) is 1. The first kappa shape index (κ1) is 18.9. The Balaban J connectivity index is 1.88. The van der Waals surface area contributed by atoms with E-state index in [1.54, 1.807) is 0 Å². The highest BCUT2D eigenvalue weighted by molar-refractivity contribution is 5.99. The van der Waals surface area contributed by atoms with Gasteiger partial charge in [-0.05, 0) is 65.2 Å². The SMILES string of the molecule is CCCCN(CCCC)CC(O)c1cccc2cc3ccccc3cc12. The van der Waals surface area contributed by atoms with Gasteiger partial charge in [-0.2, -0.15) is 0 Å². The maximum atomic E-state index is 11.0. The zero-order valence-corrected chi connectivity index (χ0v) is 16.1. The molecule has 0 heterocycles. The van der Waals surface area contributed by atoms with Crippen molar-refractivity contribution in [1.29, 1.82) is 0 Å². The lowest BCUT2D eigenvalue weighted by Gasteiger charge is -2.25. The summed E-state index contributed by atoms with van der Waals surface area (Å²) in [5.74, 6) is 0. The molecule has 2 nitrogen and oxygen atoms in total. The minimum absolute atomic E-state index is 0.450. The molecule has 1 atom stereocenters. The van der Waals surface area contributed by atoms with Crippen molar-refractivity contribution in [2.45, 2.75) is 45.6 Å². The van der Waals surface area contributed by atoms with Gasteiger partial charge < -0.3 is 10.0 Å². The molecular weight excluding hydrogens is 318 g/mol. The largest absolute Gasteiger partial charge is 0.387 e. The average molecular weight is 350 g/mol. The molecule has 0 aliphatic rings. The van der Waals surface area contributed by atoms with Crippen LogP contribution in [0.25, 0.3) is 21.5 Å². The minimum atomic E-state index is -0.450. The van der Waals surface area contributed by atoms with Gasteiger partial charge in [-0.25, -0.2) is 0 Å². The third kappa shape index (κ3) is 4.44. The Labute approximate surface area is 157 Å². The number of rotatable bonds is 9. The third-order valence-electron chi connectivity index (χ3n) is 5.23. The summed E-state index contributed by atoms with van der Waals surface area (Å²) in [4.78, 5) is 2.43. The number of benzene rings is 3. The Morgan fingerprint density at radius 3 is 2.08 bits per heavy atom. The van der Waals surface area contributed by atoms with Gasteiger partial charge in [0.15, 0.2) is 0 Å². The van der Waals surface area contributed by atoms with Gasteiger partial charge in [0.1, 0.15) is 0 Å². The topological polar surface area (TPSA) is 23.5 Å². The molecule has 0 aliphatic carbocycles. The van der Waals surface area contributed by atoms with E-state index in [0.29, 0.717) is 6.54 Å². The van der Waals surface area contributed by atoms with Crippen molar-refractivity contribution in [2.24, 2.45) is 0 Å². The molecule has 2 heteroatoms. The maximum absolute atomic E-state index is 11.0. The summed E-state index contributed by atoms with van der Waals surface area (Å²) >= 11 is 0. The molecule has 3 rings (SSSR count). The van der Waals surface area contributed by atoms with Crippen molar-refractivity contribution in [1.82, 2.24) is 4.90 Å². The fourth-order valence-corrected chi connectivity index (χ4v) is 3.68. The van der Waals surface area contributed by atoms with Crippen molar-refractivity contribution < 1.29 is 5.11 Å². The molecule has 26 heavy (non-hydrogen) atoms. The molecule has 0 fully saturated rings. The molecule has 0 spiro atoms. The van der Waals surface area contributed by atoms with Crippen LogP contribution in [0.2, 0.25) is 0 Å². The summed E-state index contributed by atoms with van der Waals surface area (Å²) in [5.41, 5.74) is 1.05. The highest BCUT2D eigenvalue weighted by Crippen LogP contribution is 2.29. The smallest absolute Gasteiger partial charge is 0.0922 e. The zero-order chi connectivity index (χ0) is 18.4. The monoisotopic (exact) mass is 349 g/mol. The van der Waals surface area contributed by atoms with Gasteiger partial charge in [0.05, 0.1) is 6.10 Å². The van der Waals surface area contributed by atoms with Gasteiger partial charge >= 0.3 is 0 Å². The molecule has 0 radical (unpaired) electrons. The number of hydrogen-bond donors (Lipinski definition) is 1. The van der Waals surface area contributed by atoms with Gasteiger partial charge in [-0.15, -0.1) is 0 Å². The predicted octanol–water partition coefficient (Wildman–Crippen LogP) is 5.93. The second kappa shape index (κ2) is 9.16. The summed E-state index contributed by atoms with van der Waals surface area (Å²) < 4.78 is 0.